The summed E-state index contributed by atoms with van der Waals surface area (Å²) in [6.45, 7) is 4.24. The molecule has 0 aromatic heterocycles. The van der Waals surface area contributed by atoms with E-state index in [1.54, 1.807) is 6.08 Å². The van der Waals surface area contributed by atoms with E-state index in [-0.39, 0.29) is 18.9 Å². The van der Waals surface area contributed by atoms with Gasteiger partial charge in [-0.15, -0.1) is 0 Å². The van der Waals surface area contributed by atoms with Gasteiger partial charge in [-0.3, -0.25) is 4.79 Å². The van der Waals surface area contributed by atoms with Crippen molar-refractivity contribution in [2.75, 3.05) is 6.61 Å². The highest BCUT2D eigenvalue weighted by molar-refractivity contribution is 5.76. The minimum absolute atomic E-state index is 0.0157. The third-order valence-corrected chi connectivity index (χ3v) is 12.5. The average molecular weight is 832 g/mol. The van der Waals surface area contributed by atoms with Gasteiger partial charge < -0.3 is 20.6 Å². The molecule has 0 fully saturated rings. The summed E-state index contributed by atoms with van der Waals surface area (Å²) in [5.41, 5.74) is 0. The van der Waals surface area contributed by atoms with Crippen molar-refractivity contribution < 1.29 is 20.1 Å². The lowest BCUT2D eigenvalue weighted by atomic mass is 10.0. The summed E-state index contributed by atoms with van der Waals surface area (Å²) >= 11 is 0. The number of rotatable bonds is 49. The molecule has 0 aliphatic rings. The second kappa shape index (κ2) is 49.5. The van der Waals surface area contributed by atoms with Gasteiger partial charge in [0.2, 0.25) is 5.91 Å². The van der Waals surface area contributed by atoms with Crippen LogP contribution in [0.15, 0.2) is 24.3 Å². The molecule has 0 heterocycles. The molecule has 0 radical (unpaired) electrons. The van der Waals surface area contributed by atoms with Crippen LogP contribution in [0.5, 0.6) is 0 Å². The van der Waals surface area contributed by atoms with Crippen LogP contribution in [0, 0.1) is 0 Å². The van der Waals surface area contributed by atoms with Crippen LogP contribution in [0.1, 0.15) is 290 Å². The second-order valence-electron chi connectivity index (χ2n) is 18.5. The Kier molecular flexibility index (Phi) is 48.5. The van der Waals surface area contributed by atoms with Gasteiger partial charge in [0.25, 0.3) is 0 Å². The lowest BCUT2D eigenvalue weighted by Crippen LogP contribution is -2.45. The molecular formula is C54H105NO4. The van der Waals surface area contributed by atoms with Gasteiger partial charge >= 0.3 is 0 Å². The average Bonchev–Trinajstić information content (AvgIpc) is 3.23. The Balaban J connectivity index is 3.56. The Hall–Kier alpha value is -1.17. The minimum atomic E-state index is -0.927. The molecule has 3 unspecified atom stereocenters. The van der Waals surface area contributed by atoms with E-state index in [1.165, 1.54) is 238 Å². The van der Waals surface area contributed by atoms with E-state index in [4.69, 9.17) is 0 Å². The van der Waals surface area contributed by atoms with Crippen LogP contribution in [-0.2, 0) is 4.79 Å². The standard InChI is InChI=1S/C54H105NO4/c1-3-5-7-9-11-13-15-17-19-21-22-23-24-25-26-27-28-29-30-32-33-35-37-39-41-43-45-47-51(57)49-54(59)55-52(50-56)53(58)48-46-44-42-40-38-36-34-31-20-18-16-14-12-10-8-6-4-2/h25-26,46,48,51-53,56-58H,3-24,27-45,47,49-50H2,1-2H3,(H,55,59)/b26-25-,48-46+. The Morgan fingerprint density at radius 3 is 1.03 bits per heavy atom. The van der Waals surface area contributed by atoms with E-state index < -0.39 is 18.2 Å². The Bertz CT molecular complexity index is 874. The van der Waals surface area contributed by atoms with E-state index in [9.17, 15) is 20.1 Å². The number of unbranched alkanes of at least 4 members (excludes halogenated alkanes) is 38. The first-order chi connectivity index (χ1) is 29.0. The maximum absolute atomic E-state index is 12.5. The molecule has 0 saturated carbocycles. The first-order valence-corrected chi connectivity index (χ1v) is 26.6. The third-order valence-electron chi connectivity index (χ3n) is 12.5. The highest BCUT2D eigenvalue weighted by Gasteiger charge is 2.20. The fourth-order valence-electron chi connectivity index (χ4n) is 8.40. The summed E-state index contributed by atoms with van der Waals surface area (Å²) in [5, 5.41) is 33.4. The van der Waals surface area contributed by atoms with Gasteiger partial charge in [0.15, 0.2) is 0 Å². The van der Waals surface area contributed by atoms with Crippen molar-refractivity contribution >= 4 is 5.91 Å². The van der Waals surface area contributed by atoms with Crippen molar-refractivity contribution in [1.29, 1.82) is 0 Å². The van der Waals surface area contributed by atoms with Gasteiger partial charge in [0.05, 0.1) is 31.3 Å². The first-order valence-electron chi connectivity index (χ1n) is 26.6. The number of aliphatic hydroxyl groups is 3. The smallest absolute Gasteiger partial charge is 0.222 e. The van der Waals surface area contributed by atoms with E-state index in [0.717, 1.165) is 25.7 Å². The maximum atomic E-state index is 12.5. The number of carbonyl (C=O) groups is 1. The van der Waals surface area contributed by atoms with Crippen LogP contribution in [0.2, 0.25) is 0 Å². The molecule has 59 heavy (non-hydrogen) atoms. The van der Waals surface area contributed by atoms with Gasteiger partial charge in [-0.1, -0.05) is 263 Å². The SMILES string of the molecule is CCCCCCCCCCCCCC/C=C\CCCCCCCCCCCCCC(O)CC(=O)NC(CO)C(O)/C=C/CCCCCCCCCCCCCCCCC. The number of amides is 1. The predicted molar refractivity (Wildman–Crippen MR) is 259 cm³/mol. The summed E-state index contributed by atoms with van der Waals surface area (Å²) in [5.74, 6) is -0.312. The Morgan fingerprint density at radius 1 is 0.424 bits per heavy atom. The molecule has 4 N–H and O–H groups in total. The monoisotopic (exact) mass is 832 g/mol. The highest BCUT2D eigenvalue weighted by Crippen LogP contribution is 2.17. The van der Waals surface area contributed by atoms with Crippen molar-refractivity contribution in [1.82, 2.24) is 5.32 Å². The van der Waals surface area contributed by atoms with Crippen LogP contribution in [0.4, 0.5) is 0 Å². The number of carbonyl (C=O) groups excluding carboxylic acids is 1. The fourth-order valence-corrected chi connectivity index (χ4v) is 8.40. The largest absolute Gasteiger partial charge is 0.394 e. The number of hydrogen-bond donors (Lipinski definition) is 4. The molecular weight excluding hydrogens is 727 g/mol. The van der Waals surface area contributed by atoms with Crippen molar-refractivity contribution in [3.8, 4) is 0 Å². The van der Waals surface area contributed by atoms with Crippen molar-refractivity contribution in [3.63, 3.8) is 0 Å². The van der Waals surface area contributed by atoms with E-state index in [1.807, 2.05) is 6.08 Å². The Morgan fingerprint density at radius 2 is 0.712 bits per heavy atom. The zero-order valence-electron chi connectivity index (χ0n) is 39.9. The lowest BCUT2D eigenvalue weighted by molar-refractivity contribution is -0.124. The van der Waals surface area contributed by atoms with Gasteiger partial charge in [-0.2, -0.15) is 0 Å². The van der Waals surface area contributed by atoms with Crippen molar-refractivity contribution in [2.45, 2.75) is 308 Å². The predicted octanol–water partition coefficient (Wildman–Crippen LogP) is 16.1. The van der Waals surface area contributed by atoms with E-state index >= 15 is 0 Å². The first kappa shape index (κ1) is 57.8. The van der Waals surface area contributed by atoms with Crippen molar-refractivity contribution in [2.24, 2.45) is 0 Å². The van der Waals surface area contributed by atoms with E-state index in [2.05, 4.69) is 31.3 Å². The van der Waals surface area contributed by atoms with Gasteiger partial charge in [0, 0.05) is 0 Å². The molecule has 5 heteroatoms. The molecule has 0 saturated heterocycles. The highest BCUT2D eigenvalue weighted by atomic mass is 16.3. The number of aliphatic hydroxyl groups excluding tert-OH is 3. The molecule has 3 atom stereocenters. The van der Waals surface area contributed by atoms with Gasteiger partial charge in [-0.05, 0) is 44.9 Å². The summed E-state index contributed by atoms with van der Waals surface area (Å²) in [6, 6.07) is -0.743. The normalized spacial score (nSPS) is 13.5. The van der Waals surface area contributed by atoms with Crippen LogP contribution in [0.3, 0.4) is 0 Å². The van der Waals surface area contributed by atoms with Crippen molar-refractivity contribution in [3.05, 3.63) is 24.3 Å². The molecule has 350 valence electrons. The molecule has 0 bridgehead atoms. The number of hydrogen-bond acceptors (Lipinski definition) is 4. The maximum Gasteiger partial charge on any atom is 0.222 e. The zero-order chi connectivity index (χ0) is 43.0. The molecule has 0 aromatic rings. The quantitative estimate of drug-likeness (QED) is 0.0363. The molecule has 5 nitrogen and oxygen atoms in total. The molecule has 0 aliphatic heterocycles. The lowest BCUT2D eigenvalue weighted by Gasteiger charge is -2.21. The zero-order valence-corrected chi connectivity index (χ0v) is 39.9. The molecule has 0 aliphatic carbocycles. The number of allylic oxidation sites excluding steroid dienone is 3. The molecule has 0 aromatic carbocycles. The second-order valence-corrected chi connectivity index (χ2v) is 18.5. The van der Waals surface area contributed by atoms with Gasteiger partial charge in [-0.25, -0.2) is 0 Å². The van der Waals surface area contributed by atoms with E-state index in [0.29, 0.717) is 6.42 Å². The Labute approximate surface area is 369 Å². The fraction of sp³-hybridized carbons (Fsp3) is 0.907. The summed E-state index contributed by atoms with van der Waals surface area (Å²) in [6.07, 6.45) is 62.1. The third kappa shape index (κ3) is 46.2. The molecule has 1 amide bonds. The van der Waals surface area contributed by atoms with Crippen LogP contribution < -0.4 is 5.32 Å². The molecule has 0 rings (SSSR count). The molecule has 0 spiro atoms. The summed E-state index contributed by atoms with van der Waals surface area (Å²) < 4.78 is 0. The number of nitrogens with one attached hydrogen (secondary N) is 1. The van der Waals surface area contributed by atoms with Crippen LogP contribution in [-0.4, -0.2) is 46.1 Å². The minimum Gasteiger partial charge on any atom is -0.394 e. The topological polar surface area (TPSA) is 89.8 Å². The van der Waals surface area contributed by atoms with Gasteiger partial charge in [0.1, 0.15) is 0 Å². The summed E-state index contributed by atoms with van der Waals surface area (Å²) in [7, 11) is 0. The van der Waals surface area contributed by atoms with Crippen LogP contribution in [0.25, 0.3) is 0 Å². The summed E-state index contributed by atoms with van der Waals surface area (Å²) in [4.78, 5) is 12.5. The van der Waals surface area contributed by atoms with Crippen LogP contribution >= 0.6 is 0 Å².